The van der Waals surface area contributed by atoms with Crippen LogP contribution >= 0.6 is 23.8 Å². The van der Waals surface area contributed by atoms with Crippen molar-refractivity contribution in [2.75, 3.05) is 24.9 Å². The molecule has 3 rings (SSSR count). The number of aryl methyl sites for hydroxylation is 1. The SMILES string of the molecule is Cc1cc(N2C(=S)C=C(F)N3CCN=C32)ccc1Cl.FCF. The van der Waals surface area contributed by atoms with Crippen LogP contribution in [0.3, 0.4) is 0 Å². The van der Waals surface area contributed by atoms with Gasteiger partial charge in [-0.1, -0.05) is 23.8 Å². The number of nitrogens with zero attached hydrogens (tertiary/aromatic N) is 3. The van der Waals surface area contributed by atoms with Gasteiger partial charge in [0.25, 0.3) is 0 Å². The lowest BCUT2D eigenvalue weighted by Gasteiger charge is -2.33. The second-order valence-electron chi connectivity index (χ2n) is 4.51. The van der Waals surface area contributed by atoms with Gasteiger partial charge in [0.05, 0.1) is 12.2 Å². The van der Waals surface area contributed by atoms with Crippen molar-refractivity contribution < 1.29 is 13.2 Å². The molecule has 0 amide bonds. The first kappa shape index (κ1) is 16.8. The summed E-state index contributed by atoms with van der Waals surface area (Å²) in [6, 6.07) is 5.59. The molecular weight excluding hydrogens is 335 g/mol. The molecule has 22 heavy (non-hydrogen) atoms. The molecule has 3 nitrogen and oxygen atoms in total. The summed E-state index contributed by atoms with van der Waals surface area (Å²) < 4.78 is 33.0. The molecular formula is C14H13ClF3N3S. The molecule has 0 radical (unpaired) electrons. The maximum absolute atomic E-state index is 13.8. The van der Waals surface area contributed by atoms with Crippen molar-refractivity contribution in [3.05, 3.63) is 40.8 Å². The van der Waals surface area contributed by atoms with Crippen molar-refractivity contribution in [1.82, 2.24) is 4.90 Å². The van der Waals surface area contributed by atoms with Gasteiger partial charge < -0.3 is 0 Å². The van der Waals surface area contributed by atoms with Crippen LogP contribution in [0.4, 0.5) is 18.9 Å². The smallest absolute Gasteiger partial charge is 0.229 e. The van der Waals surface area contributed by atoms with Crippen LogP contribution in [0.2, 0.25) is 5.02 Å². The first-order valence-electron chi connectivity index (χ1n) is 6.41. The highest BCUT2D eigenvalue weighted by Crippen LogP contribution is 2.29. The van der Waals surface area contributed by atoms with Crippen LogP contribution in [-0.4, -0.2) is 35.9 Å². The van der Waals surface area contributed by atoms with Crippen LogP contribution in [-0.2, 0) is 0 Å². The highest BCUT2D eigenvalue weighted by molar-refractivity contribution is 7.81. The Balaban J connectivity index is 0.000000545. The highest BCUT2D eigenvalue weighted by atomic mass is 35.5. The normalized spacial score (nSPS) is 16.7. The van der Waals surface area contributed by atoms with Gasteiger partial charge >= 0.3 is 0 Å². The summed E-state index contributed by atoms with van der Waals surface area (Å²) in [5, 5.41) is 0.693. The Labute approximate surface area is 136 Å². The van der Waals surface area contributed by atoms with Crippen molar-refractivity contribution in [2.45, 2.75) is 6.92 Å². The molecule has 0 fully saturated rings. The minimum Gasteiger partial charge on any atom is -0.286 e. The molecule has 0 bridgehead atoms. The first-order valence-corrected chi connectivity index (χ1v) is 7.19. The van der Waals surface area contributed by atoms with Crippen molar-refractivity contribution in [3.63, 3.8) is 0 Å². The Morgan fingerprint density at radius 3 is 2.68 bits per heavy atom. The molecule has 118 valence electrons. The Morgan fingerprint density at radius 1 is 1.36 bits per heavy atom. The monoisotopic (exact) mass is 347 g/mol. The summed E-state index contributed by atoms with van der Waals surface area (Å²) in [7, 11) is 0. The average Bonchev–Trinajstić information content (AvgIpc) is 2.93. The number of aliphatic imine (C=N–C) groups is 1. The number of thiocarbonyl (C=S) groups is 1. The number of alkyl halides is 2. The summed E-state index contributed by atoms with van der Waals surface area (Å²) >= 11 is 11.3. The molecule has 0 aliphatic carbocycles. The highest BCUT2D eigenvalue weighted by Gasteiger charge is 2.33. The third-order valence-electron chi connectivity index (χ3n) is 3.14. The molecule has 1 aromatic carbocycles. The van der Waals surface area contributed by atoms with Crippen molar-refractivity contribution in [3.8, 4) is 0 Å². The van der Waals surface area contributed by atoms with E-state index in [2.05, 4.69) is 4.99 Å². The predicted octanol–water partition coefficient (Wildman–Crippen LogP) is 4.16. The number of guanidine groups is 1. The van der Waals surface area contributed by atoms with E-state index in [9.17, 15) is 13.2 Å². The topological polar surface area (TPSA) is 18.8 Å². The summed E-state index contributed by atoms with van der Waals surface area (Å²) in [6.07, 6.45) is 1.35. The molecule has 2 aliphatic rings. The fourth-order valence-corrected chi connectivity index (χ4v) is 2.58. The van der Waals surface area contributed by atoms with Gasteiger partial charge in [-0.3, -0.25) is 14.8 Å². The van der Waals surface area contributed by atoms with E-state index in [0.717, 1.165) is 11.3 Å². The molecule has 0 atom stereocenters. The van der Waals surface area contributed by atoms with E-state index >= 15 is 0 Å². The molecule has 2 heterocycles. The quantitative estimate of drug-likeness (QED) is 0.561. The number of halogens is 4. The zero-order valence-corrected chi connectivity index (χ0v) is 13.3. The molecule has 0 N–H and O–H groups in total. The molecule has 8 heteroatoms. The maximum Gasteiger partial charge on any atom is 0.229 e. The van der Waals surface area contributed by atoms with Crippen LogP contribution in [0.1, 0.15) is 5.56 Å². The lowest BCUT2D eigenvalue weighted by Crippen LogP contribution is -2.47. The van der Waals surface area contributed by atoms with E-state index < -0.39 is 6.93 Å². The fraction of sp³-hybridized carbons (Fsp3) is 0.286. The zero-order chi connectivity index (χ0) is 16.3. The number of fused-ring (bicyclic) bond motifs is 1. The molecule has 1 aromatic rings. The van der Waals surface area contributed by atoms with Gasteiger partial charge in [-0.05, 0) is 30.7 Å². The van der Waals surface area contributed by atoms with Gasteiger partial charge in [-0.2, -0.15) is 4.39 Å². The molecule has 0 saturated carbocycles. The Kier molecular flexibility index (Phi) is 5.42. The van der Waals surface area contributed by atoms with Gasteiger partial charge in [-0.25, -0.2) is 8.78 Å². The summed E-state index contributed by atoms with van der Waals surface area (Å²) in [4.78, 5) is 8.03. The van der Waals surface area contributed by atoms with Gasteiger partial charge in [0.1, 0.15) is 4.99 Å². The summed E-state index contributed by atoms with van der Waals surface area (Å²) in [5.74, 6) is 0.204. The van der Waals surface area contributed by atoms with E-state index in [1.54, 1.807) is 4.90 Å². The third kappa shape index (κ3) is 3.25. The summed E-state index contributed by atoms with van der Waals surface area (Å²) in [6.45, 7) is 1.29. The van der Waals surface area contributed by atoms with E-state index in [1.165, 1.54) is 11.0 Å². The van der Waals surface area contributed by atoms with Crippen molar-refractivity contribution >= 4 is 40.5 Å². The van der Waals surface area contributed by atoms with Crippen molar-refractivity contribution in [1.29, 1.82) is 0 Å². The average molecular weight is 348 g/mol. The van der Waals surface area contributed by atoms with Crippen LogP contribution in [0.25, 0.3) is 0 Å². The predicted molar refractivity (Wildman–Crippen MR) is 86.5 cm³/mol. The van der Waals surface area contributed by atoms with Crippen LogP contribution in [0.5, 0.6) is 0 Å². The van der Waals surface area contributed by atoms with E-state index in [1.807, 2.05) is 25.1 Å². The number of hydrogen-bond acceptors (Lipinski definition) is 3. The van der Waals surface area contributed by atoms with E-state index in [4.69, 9.17) is 23.8 Å². The second-order valence-corrected chi connectivity index (χ2v) is 5.33. The molecule has 0 saturated heterocycles. The van der Waals surface area contributed by atoms with Crippen LogP contribution in [0.15, 0.2) is 35.2 Å². The molecule has 0 aromatic heterocycles. The second kappa shape index (κ2) is 7.11. The molecule has 0 unspecified atom stereocenters. The van der Waals surface area contributed by atoms with Crippen LogP contribution < -0.4 is 4.90 Å². The minimum atomic E-state index is -1.75. The fourth-order valence-electron chi connectivity index (χ4n) is 2.18. The van der Waals surface area contributed by atoms with Gasteiger partial charge in [0.2, 0.25) is 12.9 Å². The lowest BCUT2D eigenvalue weighted by molar-refractivity contribution is 0.295. The number of hydrogen-bond donors (Lipinski definition) is 0. The number of rotatable bonds is 1. The first-order chi connectivity index (χ1) is 10.5. The van der Waals surface area contributed by atoms with Gasteiger partial charge in [0.15, 0.2) is 5.95 Å². The minimum absolute atomic E-state index is 0.344. The Morgan fingerprint density at radius 2 is 2.05 bits per heavy atom. The van der Waals surface area contributed by atoms with Gasteiger partial charge in [-0.15, -0.1) is 0 Å². The number of anilines is 1. The standard InChI is InChI=1S/C13H11ClFN3S.CH2F2/c1-8-6-9(2-3-10(8)14)18-12(19)7-11(15)17-5-4-16-13(17)18;2-1-3/h2-3,6-7H,4-5H2,1H3;1H2. The lowest BCUT2D eigenvalue weighted by atomic mass is 10.2. The van der Waals surface area contributed by atoms with Crippen molar-refractivity contribution in [2.24, 2.45) is 4.99 Å². The molecule has 2 aliphatic heterocycles. The largest absolute Gasteiger partial charge is 0.286 e. The maximum atomic E-state index is 13.8. The van der Waals surface area contributed by atoms with E-state index in [-0.39, 0.29) is 5.95 Å². The third-order valence-corrected chi connectivity index (χ3v) is 3.86. The Bertz CT molecular complexity index is 648. The summed E-state index contributed by atoms with van der Waals surface area (Å²) in [5.41, 5.74) is 1.79. The Hall–Kier alpha value is -1.60. The van der Waals surface area contributed by atoms with E-state index in [0.29, 0.717) is 29.1 Å². The van der Waals surface area contributed by atoms with Gasteiger partial charge in [0, 0.05) is 17.6 Å². The van der Waals surface area contributed by atoms with Crippen LogP contribution in [0, 0.1) is 6.92 Å². The zero-order valence-electron chi connectivity index (χ0n) is 11.7. The number of benzene rings is 1. The molecule has 0 spiro atoms.